The molecule has 0 spiro atoms. The minimum atomic E-state index is -3.71. The number of anilines is 2. The third-order valence-corrected chi connectivity index (χ3v) is 9.16. The minimum absolute atomic E-state index is 0.0112. The molecule has 1 atom stereocenters. The van der Waals surface area contributed by atoms with Crippen LogP contribution in [0.4, 0.5) is 15.8 Å². The predicted octanol–water partition coefficient (Wildman–Crippen LogP) is 6.28. The first kappa shape index (κ1) is 27.1. The summed E-state index contributed by atoms with van der Waals surface area (Å²) in [6, 6.07) is 13.0. The number of rotatable bonds is 9. The molecule has 1 unspecified atom stereocenters. The van der Waals surface area contributed by atoms with Crippen molar-refractivity contribution in [1.29, 1.82) is 0 Å². The summed E-state index contributed by atoms with van der Waals surface area (Å²) in [7, 11) is -2.65. The van der Waals surface area contributed by atoms with Crippen LogP contribution in [-0.4, -0.2) is 40.1 Å². The molecule has 35 heavy (non-hydrogen) atoms. The maximum Gasteiger partial charge on any atom is 0.370 e. The molecule has 190 valence electrons. The SMILES string of the molecule is CCCCC1(CC)CN(c2ccccc2)c2cc(SC)c(O/C=C(\F)C(=O)OC)cc2S(=O)(=O)C1. The fourth-order valence-electron chi connectivity index (χ4n) is 4.38. The van der Waals surface area contributed by atoms with Gasteiger partial charge in [0.2, 0.25) is 5.83 Å². The Bertz CT molecular complexity index is 1180. The minimum Gasteiger partial charge on any atom is -0.464 e. The van der Waals surface area contributed by atoms with Crippen LogP contribution in [0.1, 0.15) is 39.5 Å². The van der Waals surface area contributed by atoms with Gasteiger partial charge >= 0.3 is 5.97 Å². The summed E-state index contributed by atoms with van der Waals surface area (Å²) in [5.74, 6) is -2.22. The highest BCUT2D eigenvalue weighted by atomic mass is 32.2. The first-order valence-corrected chi connectivity index (χ1v) is 14.5. The molecule has 1 heterocycles. The smallest absolute Gasteiger partial charge is 0.370 e. The van der Waals surface area contributed by atoms with Gasteiger partial charge < -0.3 is 14.4 Å². The van der Waals surface area contributed by atoms with Crippen LogP contribution in [0, 0.1) is 5.41 Å². The number of sulfone groups is 1. The van der Waals surface area contributed by atoms with E-state index in [9.17, 15) is 17.6 Å². The number of halogens is 1. The third-order valence-electron chi connectivity index (χ3n) is 6.41. The molecule has 3 rings (SSSR count). The number of benzene rings is 2. The largest absolute Gasteiger partial charge is 0.464 e. The highest BCUT2D eigenvalue weighted by Gasteiger charge is 2.42. The van der Waals surface area contributed by atoms with Crippen LogP contribution < -0.4 is 9.64 Å². The summed E-state index contributed by atoms with van der Waals surface area (Å²) in [5.41, 5.74) is 1.04. The van der Waals surface area contributed by atoms with Crippen molar-refractivity contribution in [2.45, 2.75) is 49.3 Å². The van der Waals surface area contributed by atoms with E-state index in [1.165, 1.54) is 17.8 Å². The monoisotopic (exact) mass is 521 g/mol. The molecule has 0 radical (unpaired) electrons. The van der Waals surface area contributed by atoms with Crippen LogP contribution >= 0.6 is 11.8 Å². The number of para-hydroxylation sites is 1. The van der Waals surface area contributed by atoms with Gasteiger partial charge in [-0.15, -0.1) is 11.8 Å². The second-order valence-electron chi connectivity index (χ2n) is 8.68. The zero-order chi connectivity index (χ0) is 25.6. The van der Waals surface area contributed by atoms with Crippen molar-refractivity contribution in [3.8, 4) is 5.75 Å². The van der Waals surface area contributed by atoms with Crippen LogP contribution in [0.3, 0.4) is 0 Å². The van der Waals surface area contributed by atoms with Crippen molar-refractivity contribution in [1.82, 2.24) is 0 Å². The van der Waals surface area contributed by atoms with Gasteiger partial charge in [-0.1, -0.05) is 44.9 Å². The van der Waals surface area contributed by atoms with Gasteiger partial charge in [-0.2, -0.15) is 4.39 Å². The predicted molar refractivity (Wildman–Crippen MR) is 138 cm³/mol. The molecule has 0 aromatic heterocycles. The number of carbonyl (C=O) groups is 1. The van der Waals surface area contributed by atoms with Crippen LogP contribution in [0.2, 0.25) is 0 Å². The van der Waals surface area contributed by atoms with E-state index in [-0.39, 0.29) is 16.4 Å². The lowest BCUT2D eigenvalue weighted by atomic mass is 9.81. The number of ether oxygens (including phenoxy) is 2. The van der Waals surface area contributed by atoms with E-state index in [4.69, 9.17) is 4.74 Å². The Morgan fingerprint density at radius 1 is 1.23 bits per heavy atom. The molecule has 0 N–H and O–H groups in total. The molecule has 9 heteroatoms. The second kappa shape index (κ2) is 11.5. The van der Waals surface area contributed by atoms with Crippen molar-refractivity contribution in [2.75, 3.05) is 30.6 Å². The molecule has 1 aliphatic rings. The highest BCUT2D eigenvalue weighted by Crippen LogP contribution is 2.47. The molecule has 1 aliphatic heterocycles. The second-order valence-corrected chi connectivity index (χ2v) is 11.5. The number of thioether (sulfide) groups is 1. The summed E-state index contributed by atoms with van der Waals surface area (Å²) in [6.07, 6.45) is 5.89. The average Bonchev–Trinajstić information content (AvgIpc) is 2.97. The van der Waals surface area contributed by atoms with Gasteiger partial charge in [0.15, 0.2) is 9.84 Å². The summed E-state index contributed by atoms with van der Waals surface area (Å²) < 4.78 is 51.4. The van der Waals surface area contributed by atoms with E-state index in [0.29, 0.717) is 23.4 Å². The van der Waals surface area contributed by atoms with Crippen molar-refractivity contribution in [3.05, 3.63) is 54.6 Å². The number of fused-ring (bicyclic) bond motifs is 1. The quantitative estimate of drug-likeness (QED) is 0.166. The van der Waals surface area contributed by atoms with E-state index >= 15 is 0 Å². The van der Waals surface area contributed by atoms with Gasteiger partial charge in [0.05, 0.1) is 28.3 Å². The lowest BCUT2D eigenvalue weighted by Gasteiger charge is -2.36. The van der Waals surface area contributed by atoms with Gasteiger partial charge in [0.1, 0.15) is 12.0 Å². The standard InChI is InChI=1S/C26H32FNO5S2/c1-5-7-13-26(6-2)17-28(19-11-9-8-10-12-19)21-14-23(34-4)22(15-24(21)35(30,31)18-26)33-16-20(27)25(29)32-3/h8-12,14-16H,5-7,13,17-18H2,1-4H3/b20-16-. The molecular weight excluding hydrogens is 489 g/mol. The number of methoxy groups -OCH3 is 1. The average molecular weight is 522 g/mol. The molecular formula is C26H32FNO5S2. The van der Waals surface area contributed by atoms with Crippen molar-refractivity contribution < 1.29 is 27.1 Å². The van der Waals surface area contributed by atoms with Gasteiger partial charge in [0.25, 0.3) is 0 Å². The van der Waals surface area contributed by atoms with Crippen LogP contribution in [0.15, 0.2) is 64.3 Å². The van der Waals surface area contributed by atoms with Crippen molar-refractivity contribution in [3.63, 3.8) is 0 Å². The number of carbonyl (C=O) groups excluding carboxylic acids is 1. The maximum absolute atomic E-state index is 14.0. The zero-order valence-corrected chi connectivity index (χ0v) is 22.2. The Morgan fingerprint density at radius 2 is 1.94 bits per heavy atom. The Labute approximate surface area is 211 Å². The Hall–Kier alpha value is -2.52. The first-order chi connectivity index (χ1) is 16.7. The molecule has 0 saturated heterocycles. The molecule has 0 aliphatic carbocycles. The number of hydrogen-bond acceptors (Lipinski definition) is 7. The van der Waals surface area contributed by atoms with Gasteiger partial charge in [-0.3, -0.25) is 0 Å². The molecule has 0 bridgehead atoms. The van der Waals surface area contributed by atoms with Crippen LogP contribution in [0.5, 0.6) is 5.75 Å². The summed E-state index contributed by atoms with van der Waals surface area (Å²) >= 11 is 1.34. The van der Waals surface area contributed by atoms with E-state index < -0.39 is 27.0 Å². The fourth-order valence-corrected chi connectivity index (χ4v) is 7.10. The number of hydrogen-bond donors (Lipinski definition) is 0. The number of nitrogens with zero attached hydrogens (tertiary/aromatic N) is 1. The lowest BCUT2D eigenvalue weighted by molar-refractivity contribution is -0.137. The van der Waals surface area contributed by atoms with Gasteiger partial charge in [-0.25, -0.2) is 13.2 Å². The zero-order valence-electron chi connectivity index (χ0n) is 20.5. The lowest BCUT2D eigenvalue weighted by Crippen LogP contribution is -2.37. The van der Waals surface area contributed by atoms with Crippen LogP contribution in [0.25, 0.3) is 0 Å². The van der Waals surface area contributed by atoms with E-state index in [1.54, 1.807) is 6.07 Å². The molecule has 0 saturated carbocycles. The van der Waals surface area contributed by atoms with Crippen molar-refractivity contribution >= 4 is 38.9 Å². The molecule has 2 aromatic rings. The summed E-state index contributed by atoms with van der Waals surface area (Å²) in [4.78, 5) is 14.2. The number of esters is 1. The molecule has 2 aromatic carbocycles. The van der Waals surface area contributed by atoms with Gasteiger partial charge in [0, 0.05) is 23.7 Å². The first-order valence-electron chi connectivity index (χ1n) is 11.6. The fraction of sp³-hybridized carbons (Fsp3) is 0.423. The molecule has 6 nitrogen and oxygen atoms in total. The summed E-state index contributed by atoms with van der Waals surface area (Å²) in [6.45, 7) is 4.71. The maximum atomic E-state index is 14.0. The highest BCUT2D eigenvalue weighted by molar-refractivity contribution is 7.98. The van der Waals surface area contributed by atoms with E-state index in [2.05, 4.69) is 16.6 Å². The van der Waals surface area contributed by atoms with E-state index in [0.717, 1.165) is 38.5 Å². The van der Waals surface area contributed by atoms with E-state index in [1.807, 2.05) is 43.5 Å². The summed E-state index contributed by atoms with van der Waals surface area (Å²) in [5, 5.41) is 0. The number of unbranched alkanes of at least 4 members (excludes halogenated alkanes) is 1. The Morgan fingerprint density at radius 3 is 2.54 bits per heavy atom. The molecule has 0 amide bonds. The third kappa shape index (κ3) is 6.01. The topological polar surface area (TPSA) is 72.9 Å². The van der Waals surface area contributed by atoms with Gasteiger partial charge in [-0.05, 0) is 37.3 Å². The molecule has 0 fully saturated rings. The van der Waals surface area contributed by atoms with Crippen LogP contribution in [-0.2, 0) is 19.4 Å². The van der Waals surface area contributed by atoms with Crippen molar-refractivity contribution in [2.24, 2.45) is 5.41 Å². The Kier molecular flexibility index (Phi) is 8.88. The Balaban J connectivity index is 2.21. The normalized spacial score (nSPS) is 19.6.